The molecule has 0 N–H and O–H groups in total. The maximum atomic E-state index is 2.59. The Balaban J connectivity index is 2.08. The summed E-state index contributed by atoms with van der Waals surface area (Å²) in [5.41, 5.74) is 0. The zero-order valence-electron chi connectivity index (χ0n) is 16.9. The standard InChI is InChI=1S/C27H31P/c1-2-3-4-5-6-7-17-24-28(25-18-11-8-12-19-25,26-20-13-9-14-21-26)27-22-15-10-16-23-27/h6-16,18-24H,2-5,17H2,1H3. The molecule has 1 heteroatoms. The van der Waals surface area contributed by atoms with E-state index in [-0.39, 0.29) is 0 Å². The molecule has 144 valence electrons. The third kappa shape index (κ3) is 4.94. The van der Waals surface area contributed by atoms with E-state index in [0.717, 1.165) is 6.42 Å². The zero-order valence-corrected chi connectivity index (χ0v) is 17.8. The highest BCUT2D eigenvalue weighted by atomic mass is 31.2. The molecule has 0 aromatic heterocycles. The fourth-order valence-corrected chi connectivity index (χ4v) is 7.59. The molecule has 0 nitrogen and oxygen atoms in total. The lowest BCUT2D eigenvalue weighted by Gasteiger charge is -2.28. The molecule has 0 spiro atoms. The van der Waals surface area contributed by atoms with E-state index in [1.807, 2.05) is 0 Å². The van der Waals surface area contributed by atoms with Gasteiger partial charge in [-0.1, -0.05) is 129 Å². The van der Waals surface area contributed by atoms with Crippen LogP contribution in [-0.2, 0) is 0 Å². The number of hydrogen-bond acceptors (Lipinski definition) is 0. The Morgan fingerprint density at radius 1 is 0.607 bits per heavy atom. The number of hydrogen-bond donors (Lipinski definition) is 0. The van der Waals surface area contributed by atoms with Crippen LogP contribution in [0.3, 0.4) is 0 Å². The van der Waals surface area contributed by atoms with Crippen molar-refractivity contribution >= 4 is 28.6 Å². The molecule has 0 aliphatic rings. The summed E-state index contributed by atoms with van der Waals surface area (Å²) in [6.07, 6.45) is 10.8. The largest absolute Gasteiger partial charge is 0.0882 e. The SMILES string of the molecule is CCCCCC=CCC=P(c1ccccc1)(c1ccccc1)c1ccccc1. The van der Waals surface area contributed by atoms with E-state index >= 15 is 0 Å². The van der Waals surface area contributed by atoms with Crippen LogP contribution in [0.4, 0.5) is 0 Å². The van der Waals surface area contributed by atoms with Crippen LogP contribution in [0, 0.1) is 0 Å². The summed E-state index contributed by atoms with van der Waals surface area (Å²) in [6, 6.07) is 33.2. The van der Waals surface area contributed by atoms with Gasteiger partial charge in [0, 0.05) is 0 Å². The predicted octanol–water partition coefficient (Wildman–Crippen LogP) is 6.31. The van der Waals surface area contributed by atoms with Gasteiger partial charge in [-0.2, -0.15) is 0 Å². The van der Waals surface area contributed by atoms with Crippen molar-refractivity contribution in [1.82, 2.24) is 0 Å². The Morgan fingerprint density at radius 2 is 1.07 bits per heavy atom. The molecule has 0 bridgehead atoms. The van der Waals surface area contributed by atoms with E-state index in [1.54, 1.807) is 0 Å². The number of allylic oxidation sites excluding steroid dienone is 2. The predicted molar refractivity (Wildman–Crippen MR) is 129 cm³/mol. The van der Waals surface area contributed by atoms with Gasteiger partial charge < -0.3 is 0 Å². The number of benzene rings is 3. The van der Waals surface area contributed by atoms with Crippen LogP contribution < -0.4 is 15.9 Å². The molecular formula is C27H31P. The van der Waals surface area contributed by atoms with Crippen LogP contribution in [-0.4, -0.2) is 5.80 Å². The van der Waals surface area contributed by atoms with Crippen molar-refractivity contribution < 1.29 is 0 Å². The van der Waals surface area contributed by atoms with Gasteiger partial charge in [0.15, 0.2) is 0 Å². The second-order valence-corrected chi connectivity index (χ2v) is 10.5. The second kappa shape index (κ2) is 10.9. The van der Waals surface area contributed by atoms with Crippen LogP contribution in [0.15, 0.2) is 103 Å². The van der Waals surface area contributed by atoms with Gasteiger partial charge >= 0.3 is 0 Å². The van der Waals surface area contributed by atoms with Gasteiger partial charge in [0.1, 0.15) is 0 Å². The molecule has 28 heavy (non-hydrogen) atoms. The molecule has 0 atom stereocenters. The summed E-state index contributed by atoms with van der Waals surface area (Å²) in [7, 11) is 0. The molecule has 3 aromatic carbocycles. The Kier molecular flexibility index (Phi) is 7.94. The topological polar surface area (TPSA) is 0 Å². The van der Waals surface area contributed by atoms with Crippen molar-refractivity contribution in [2.75, 3.05) is 0 Å². The van der Waals surface area contributed by atoms with E-state index < -0.39 is 6.89 Å². The van der Waals surface area contributed by atoms with Gasteiger partial charge in [0.2, 0.25) is 0 Å². The first-order valence-electron chi connectivity index (χ1n) is 10.4. The minimum absolute atomic E-state index is 0.999. The minimum atomic E-state index is -1.79. The first kappa shape index (κ1) is 20.4. The Hall–Kier alpha value is -2.30. The molecule has 0 aliphatic carbocycles. The lowest BCUT2D eigenvalue weighted by Crippen LogP contribution is -2.26. The van der Waals surface area contributed by atoms with Gasteiger partial charge in [-0.15, -0.1) is 0 Å². The smallest absolute Gasteiger partial charge is 0.0156 e. The van der Waals surface area contributed by atoms with E-state index in [1.165, 1.54) is 41.6 Å². The highest BCUT2D eigenvalue weighted by molar-refractivity contribution is 7.94. The van der Waals surface area contributed by atoms with Gasteiger partial charge in [-0.05, 0) is 42.1 Å². The van der Waals surface area contributed by atoms with Crippen LogP contribution >= 0.6 is 6.89 Å². The molecule has 0 unspecified atom stereocenters. The van der Waals surface area contributed by atoms with Crippen molar-refractivity contribution in [3.63, 3.8) is 0 Å². The minimum Gasteiger partial charge on any atom is -0.0882 e. The highest BCUT2D eigenvalue weighted by Crippen LogP contribution is 2.43. The van der Waals surface area contributed by atoms with E-state index in [0.29, 0.717) is 0 Å². The molecule has 3 rings (SSSR count). The quantitative estimate of drug-likeness (QED) is 0.230. The highest BCUT2D eigenvalue weighted by Gasteiger charge is 2.23. The Bertz CT molecular complexity index is 789. The van der Waals surface area contributed by atoms with Gasteiger partial charge in [-0.25, -0.2) is 0 Å². The molecular weight excluding hydrogens is 355 g/mol. The molecule has 0 radical (unpaired) electrons. The van der Waals surface area contributed by atoms with Crippen molar-refractivity contribution in [3.8, 4) is 0 Å². The number of rotatable bonds is 9. The zero-order chi connectivity index (χ0) is 19.5. The lowest BCUT2D eigenvalue weighted by atomic mass is 10.2. The molecule has 3 aromatic rings. The fraction of sp³-hybridized carbons (Fsp3) is 0.222. The molecule has 0 amide bonds. The molecule has 0 heterocycles. The Morgan fingerprint density at radius 3 is 1.50 bits per heavy atom. The molecule has 0 saturated carbocycles. The Labute approximate surface area is 170 Å². The van der Waals surface area contributed by atoms with Crippen molar-refractivity contribution in [1.29, 1.82) is 0 Å². The average molecular weight is 387 g/mol. The summed E-state index contributed by atoms with van der Waals surface area (Å²) in [5, 5.41) is 4.27. The lowest BCUT2D eigenvalue weighted by molar-refractivity contribution is 0.729. The summed E-state index contributed by atoms with van der Waals surface area (Å²) in [5.74, 6) is 2.59. The molecule has 0 saturated heterocycles. The maximum Gasteiger partial charge on any atom is -0.0156 e. The van der Waals surface area contributed by atoms with E-state index in [4.69, 9.17) is 0 Å². The first-order valence-corrected chi connectivity index (χ1v) is 12.3. The first-order chi connectivity index (χ1) is 13.9. The van der Waals surface area contributed by atoms with E-state index in [2.05, 4.69) is 116 Å². The molecule has 0 aliphatic heterocycles. The maximum absolute atomic E-state index is 2.59. The average Bonchev–Trinajstić information content (AvgIpc) is 2.78. The summed E-state index contributed by atoms with van der Waals surface area (Å²) in [4.78, 5) is 0. The van der Waals surface area contributed by atoms with Crippen molar-refractivity contribution in [3.05, 3.63) is 103 Å². The third-order valence-electron chi connectivity index (χ3n) is 5.15. The normalized spacial score (nSPS) is 11.6. The summed E-state index contributed by atoms with van der Waals surface area (Å²) < 4.78 is 0. The van der Waals surface area contributed by atoms with Gasteiger partial charge in [-0.3, -0.25) is 0 Å². The molecule has 0 fully saturated rings. The fourth-order valence-electron chi connectivity index (χ4n) is 3.70. The van der Waals surface area contributed by atoms with Crippen molar-refractivity contribution in [2.45, 2.75) is 39.0 Å². The third-order valence-corrected chi connectivity index (χ3v) is 9.24. The second-order valence-electron chi connectivity index (χ2n) is 7.11. The summed E-state index contributed by atoms with van der Waals surface area (Å²) >= 11 is 0. The van der Waals surface area contributed by atoms with E-state index in [9.17, 15) is 0 Å². The summed E-state index contributed by atoms with van der Waals surface area (Å²) in [6.45, 7) is 0.469. The monoisotopic (exact) mass is 386 g/mol. The van der Waals surface area contributed by atoms with Crippen LogP contribution in [0.1, 0.15) is 39.0 Å². The van der Waals surface area contributed by atoms with Gasteiger partial charge in [0.25, 0.3) is 0 Å². The van der Waals surface area contributed by atoms with Gasteiger partial charge in [0.05, 0.1) is 0 Å². The van der Waals surface area contributed by atoms with Crippen molar-refractivity contribution in [2.24, 2.45) is 0 Å². The number of unbranched alkanes of at least 4 members (excludes halogenated alkanes) is 3. The van der Waals surface area contributed by atoms with Crippen LogP contribution in [0.2, 0.25) is 0 Å². The van der Waals surface area contributed by atoms with Crippen LogP contribution in [0.25, 0.3) is 0 Å². The van der Waals surface area contributed by atoms with Crippen LogP contribution in [0.5, 0.6) is 0 Å².